The van der Waals surface area contributed by atoms with Crippen molar-refractivity contribution >= 4 is 12.2 Å². The standard InChI is InChI=1S/C21H30N4O2S/c1-26-18-11-10-16(14-19(18)27-2)20-22-24(15-23-12-6-7-13-23)21(28)25(20)17-8-4-3-5-9-17/h10-11,14,17H,3-9,12-13,15H2,1-2H3. The Bertz CT molecular complexity index is 864. The molecule has 0 N–H and O–H groups in total. The third-order valence-electron chi connectivity index (χ3n) is 5.98. The fourth-order valence-corrected chi connectivity index (χ4v) is 4.80. The van der Waals surface area contributed by atoms with Crippen molar-refractivity contribution in [3.8, 4) is 22.9 Å². The zero-order valence-corrected chi connectivity index (χ0v) is 17.7. The Hall–Kier alpha value is -1.86. The summed E-state index contributed by atoms with van der Waals surface area (Å²) in [5.74, 6) is 2.39. The molecule has 6 nitrogen and oxygen atoms in total. The van der Waals surface area contributed by atoms with Gasteiger partial charge in [0.1, 0.15) is 0 Å². The highest BCUT2D eigenvalue weighted by atomic mass is 32.1. The Morgan fingerprint density at radius 2 is 1.71 bits per heavy atom. The fraction of sp³-hybridized carbons (Fsp3) is 0.619. The Balaban J connectivity index is 1.76. The van der Waals surface area contributed by atoms with Gasteiger partial charge in [-0.1, -0.05) is 19.3 Å². The topological polar surface area (TPSA) is 44.5 Å². The molecule has 0 atom stereocenters. The second-order valence-corrected chi connectivity index (χ2v) is 8.17. The van der Waals surface area contributed by atoms with Crippen molar-refractivity contribution in [3.63, 3.8) is 0 Å². The van der Waals surface area contributed by atoms with Crippen LogP contribution in [-0.4, -0.2) is 46.6 Å². The quantitative estimate of drug-likeness (QED) is 0.658. The van der Waals surface area contributed by atoms with Crippen LogP contribution in [0.1, 0.15) is 51.0 Å². The lowest BCUT2D eigenvalue weighted by Crippen LogP contribution is -2.24. The molecule has 152 valence electrons. The number of hydrogen-bond donors (Lipinski definition) is 0. The fourth-order valence-electron chi connectivity index (χ4n) is 4.47. The summed E-state index contributed by atoms with van der Waals surface area (Å²) in [6.07, 6.45) is 8.70. The minimum absolute atomic E-state index is 0.427. The summed E-state index contributed by atoms with van der Waals surface area (Å²) in [5, 5.41) is 4.99. The zero-order chi connectivity index (χ0) is 19.5. The molecule has 28 heavy (non-hydrogen) atoms. The van der Waals surface area contributed by atoms with Crippen LogP contribution in [0.3, 0.4) is 0 Å². The molecule has 0 bridgehead atoms. The van der Waals surface area contributed by atoms with E-state index in [1.165, 1.54) is 44.9 Å². The van der Waals surface area contributed by atoms with E-state index in [4.69, 9.17) is 26.8 Å². The molecule has 0 amide bonds. The first kappa shape index (κ1) is 19.5. The van der Waals surface area contributed by atoms with Gasteiger partial charge in [0.15, 0.2) is 22.1 Å². The average Bonchev–Trinajstić information content (AvgIpc) is 3.36. The minimum Gasteiger partial charge on any atom is -0.493 e. The van der Waals surface area contributed by atoms with Crippen molar-refractivity contribution in [3.05, 3.63) is 23.0 Å². The van der Waals surface area contributed by atoms with Crippen LogP contribution in [0.5, 0.6) is 11.5 Å². The van der Waals surface area contributed by atoms with Crippen molar-refractivity contribution in [1.82, 2.24) is 19.2 Å². The number of hydrogen-bond acceptors (Lipinski definition) is 5. The molecule has 0 radical (unpaired) electrons. The van der Waals surface area contributed by atoms with Crippen LogP contribution in [0.4, 0.5) is 0 Å². The molecule has 7 heteroatoms. The van der Waals surface area contributed by atoms with Crippen LogP contribution in [0.25, 0.3) is 11.4 Å². The average molecular weight is 403 g/mol. The van der Waals surface area contributed by atoms with Gasteiger partial charge in [0.25, 0.3) is 0 Å². The smallest absolute Gasteiger partial charge is 0.199 e. The molecule has 1 aromatic carbocycles. The molecule has 1 saturated carbocycles. The van der Waals surface area contributed by atoms with E-state index in [0.29, 0.717) is 6.04 Å². The lowest BCUT2D eigenvalue weighted by atomic mass is 9.95. The number of nitrogens with zero attached hydrogens (tertiary/aromatic N) is 4. The van der Waals surface area contributed by atoms with Gasteiger partial charge in [-0.25, -0.2) is 4.68 Å². The summed E-state index contributed by atoms with van der Waals surface area (Å²) < 4.78 is 16.1. The maximum Gasteiger partial charge on any atom is 0.199 e. The first-order valence-electron chi connectivity index (χ1n) is 10.4. The van der Waals surface area contributed by atoms with Gasteiger partial charge in [0.2, 0.25) is 0 Å². The SMILES string of the molecule is COc1ccc(-c2nn(CN3CCCC3)c(=S)n2C2CCCCC2)cc1OC. The first-order valence-corrected chi connectivity index (χ1v) is 10.8. The van der Waals surface area contributed by atoms with Gasteiger partial charge in [-0.3, -0.25) is 9.47 Å². The summed E-state index contributed by atoms with van der Waals surface area (Å²) in [6, 6.07) is 6.44. The molecule has 2 aliphatic rings. The Morgan fingerprint density at radius 3 is 2.39 bits per heavy atom. The predicted octanol–water partition coefficient (Wildman–Crippen LogP) is 4.66. The molecular formula is C21H30N4O2S. The first-order chi connectivity index (χ1) is 13.7. The Kier molecular flexibility index (Phi) is 6.01. The highest BCUT2D eigenvalue weighted by Crippen LogP contribution is 2.36. The summed E-state index contributed by atoms with van der Waals surface area (Å²) in [6.45, 7) is 3.03. The van der Waals surface area contributed by atoms with Crippen molar-refractivity contribution in [2.45, 2.75) is 57.7 Å². The van der Waals surface area contributed by atoms with E-state index >= 15 is 0 Å². The number of aromatic nitrogens is 3. The number of ether oxygens (including phenoxy) is 2. The summed E-state index contributed by atoms with van der Waals surface area (Å²) >= 11 is 5.92. The van der Waals surface area contributed by atoms with Crippen LogP contribution in [0, 0.1) is 4.77 Å². The summed E-state index contributed by atoms with van der Waals surface area (Å²) in [5.41, 5.74) is 1.02. The van der Waals surface area contributed by atoms with Gasteiger partial charge in [0, 0.05) is 11.6 Å². The number of likely N-dealkylation sites (tertiary alicyclic amines) is 1. The summed E-state index contributed by atoms with van der Waals surface area (Å²) in [4.78, 5) is 2.44. The van der Waals surface area contributed by atoms with Crippen LogP contribution in [-0.2, 0) is 6.67 Å². The van der Waals surface area contributed by atoms with Gasteiger partial charge >= 0.3 is 0 Å². The van der Waals surface area contributed by atoms with E-state index in [0.717, 1.165) is 47.4 Å². The van der Waals surface area contributed by atoms with Gasteiger partial charge < -0.3 is 9.47 Å². The van der Waals surface area contributed by atoms with Gasteiger partial charge in [-0.2, -0.15) is 5.10 Å². The molecular weight excluding hydrogens is 372 g/mol. The molecule has 2 aromatic rings. The van der Waals surface area contributed by atoms with Crippen LogP contribution >= 0.6 is 12.2 Å². The highest BCUT2D eigenvalue weighted by molar-refractivity contribution is 7.71. The molecule has 1 aliphatic carbocycles. The molecule has 2 heterocycles. The lowest BCUT2D eigenvalue weighted by molar-refractivity contribution is 0.251. The van der Waals surface area contributed by atoms with Gasteiger partial charge in [0.05, 0.1) is 20.9 Å². The molecule has 0 unspecified atom stereocenters. The number of benzene rings is 1. The monoisotopic (exact) mass is 402 g/mol. The zero-order valence-electron chi connectivity index (χ0n) is 16.9. The molecule has 1 aliphatic heterocycles. The molecule has 1 aromatic heterocycles. The number of rotatable bonds is 6. The lowest BCUT2D eigenvalue weighted by Gasteiger charge is -2.24. The second kappa shape index (κ2) is 8.66. The van der Waals surface area contributed by atoms with E-state index in [-0.39, 0.29) is 0 Å². The molecule has 0 spiro atoms. The van der Waals surface area contributed by atoms with Crippen LogP contribution in [0.2, 0.25) is 0 Å². The van der Waals surface area contributed by atoms with Crippen molar-refractivity contribution in [2.24, 2.45) is 0 Å². The third kappa shape index (κ3) is 3.82. The van der Waals surface area contributed by atoms with Crippen LogP contribution < -0.4 is 9.47 Å². The van der Waals surface area contributed by atoms with Crippen molar-refractivity contribution in [2.75, 3.05) is 27.3 Å². The van der Waals surface area contributed by atoms with Crippen LogP contribution in [0.15, 0.2) is 18.2 Å². The van der Waals surface area contributed by atoms with E-state index in [1.807, 2.05) is 16.8 Å². The number of methoxy groups -OCH3 is 2. The Labute approximate surface area is 172 Å². The van der Waals surface area contributed by atoms with E-state index in [2.05, 4.69) is 15.5 Å². The van der Waals surface area contributed by atoms with Crippen molar-refractivity contribution < 1.29 is 9.47 Å². The molecule has 4 rings (SSSR count). The van der Waals surface area contributed by atoms with E-state index < -0.39 is 0 Å². The van der Waals surface area contributed by atoms with Gasteiger partial charge in [-0.15, -0.1) is 0 Å². The maximum absolute atomic E-state index is 5.92. The Morgan fingerprint density at radius 1 is 1.00 bits per heavy atom. The largest absolute Gasteiger partial charge is 0.493 e. The molecule has 2 fully saturated rings. The minimum atomic E-state index is 0.427. The van der Waals surface area contributed by atoms with E-state index in [9.17, 15) is 0 Å². The second-order valence-electron chi connectivity index (χ2n) is 7.80. The van der Waals surface area contributed by atoms with Gasteiger partial charge in [-0.05, 0) is 69.2 Å². The summed E-state index contributed by atoms with van der Waals surface area (Å²) in [7, 11) is 3.33. The normalized spacial score (nSPS) is 18.5. The predicted molar refractivity (Wildman–Crippen MR) is 113 cm³/mol. The molecule has 1 saturated heterocycles. The third-order valence-corrected chi connectivity index (χ3v) is 6.39. The highest BCUT2D eigenvalue weighted by Gasteiger charge is 2.24. The maximum atomic E-state index is 5.92. The van der Waals surface area contributed by atoms with Crippen molar-refractivity contribution in [1.29, 1.82) is 0 Å². The van der Waals surface area contributed by atoms with E-state index in [1.54, 1.807) is 14.2 Å².